The van der Waals surface area contributed by atoms with Crippen molar-refractivity contribution in [2.24, 2.45) is 0 Å². The first-order valence-corrected chi connectivity index (χ1v) is 11.2. The van der Waals surface area contributed by atoms with Gasteiger partial charge in [-0.2, -0.15) is 0 Å². The molecule has 2 aliphatic rings. The molecule has 0 saturated carbocycles. The molecule has 0 aliphatic carbocycles. The van der Waals surface area contributed by atoms with E-state index < -0.39 is 5.60 Å². The maximum Gasteiger partial charge on any atom is 0.223 e. The highest BCUT2D eigenvalue weighted by molar-refractivity contribution is 5.91. The van der Waals surface area contributed by atoms with Crippen LogP contribution in [0, 0.1) is 0 Å². The maximum absolute atomic E-state index is 13.3. The summed E-state index contributed by atoms with van der Waals surface area (Å²) < 4.78 is 5.30. The van der Waals surface area contributed by atoms with Gasteiger partial charge in [-0.1, -0.05) is 18.2 Å². The van der Waals surface area contributed by atoms with Crippen molar-refractivity contribution in [3.8, 4) is 17.0 Å². The number of ether oxygens (including phenoxy) is 1. The molecule has 31 heavy (non-hydrogen) atoms. The zero-order chi connectivity index (χ0) is 21.6. The third-order valence-electron chi connectivity index (χ3n) is 7.04. The smallest absolute Gasteiger partial charge is 0.223 e. The third kappa shape index (κ3) is 3.72. The molecule has 2 atom stereocenters. The topological polar surface area (TPSA) is 65.6 Å². The fourth-order valence-electron chi connectivity index (χ4n) is 5.69. The van der Waals surface area contributed by atoms with E-state index in [9.17, 15) is 9.90 Å². The summed E-state index contributed by atoms with van der Waals surface area (Å²) in [6.07, 6.45) is 4.59. The monoisotopic (exact) mass is 418 g/mol. The number of rotatable bonds is 5. The molecule has 2 bridgehead atoms. The molecule has 2 aromatic carbocycles. The largest absolute Gasteiger partial charge is 0.497 e. The molecule has 5 heteroatoms. The van der Waals surface area contributed by atoms with Crippen molar-refractivity contribution in [3.63, 3.8) is 0 Å². The standard InChI is InChI=1S/C26H30N2O3/c1-26(30)15-18-9-10-19(16-26)28(18)24(29)14-13-22-21-5-3-4-6-23(21)27-25(22)17-7-11-20(31-2)12-8-17/h3-8,11-12,18-19,27,30H,9-10,13-16H2,1-2H3. The summed E-state index contributed by atoms with van der Waals surface area (Å²) in [5.41, 5.74) is 3.80. The first-order chi connectivity index (χ1) is 14.9. The number of methoxy groups -OCH3 is 1. The Bertz CT molecular complexity index is 1080. The molecule has 0 spiro atoms. The average Bonchev–Trinajstić information content (AvgIpc) is 3.27. The minimum absolute atomic E-state index is 0.185. The number of nitrogens with one attached hydrogen (secondary N) is 1. The molecule has 162 valence electrons. The van der Waals surface area contributed by atoms with Crippen molar-refractivity contribution in [2.75, 3.05) is 7.11 Å². The Kier molecular flexibility index (Phi) is 5.01. The van der Waals surface area contributed by atoms with Gasteiger partial charge >= 0.3 is 0 Å². The van der Waals surface area contributed by atoms with Crippen molar-refractivity contribution < 1.29 is 14.6 Å². The minimum atomic E-state index is -0.638. The number of aliphatic hydroxyl groups is 1. The number of aromatic nitrogens is 1. The molecule has 2 N–H and O–H groups in total. The van der Waals surface area contributed by atoms with Gasteiger partial charge in [-0.25, -0.2) is 0 Å². The SMILES string of the molecule is COc1ccc(-c2[nH]c3ccccc3c2CCC(=O)N2C3CCC2CC(C)(O)C3)cc1. The van der Waals surface area contributed by atoms with Gasteiger partial charge in [0, 0.05) is 35.1 Å². The van der Waals surface area contributed by atoms with Crippen LogP contribution in [0.25, 0.3) is 22.2 Å². The quantitative estimate of drug-likeness (QED) is 0.632. The van der Waals surface area contributed by atoms with Crippen molar-refractivity contribution >= 4 is 16.8 Å². The van der Waals surface area contributed by atoms with Crippen LogP contribution in [0.4, 0.5) is 0 Å². The van der Waals surface area contributed by atoms with Crippen molar-refractivity contribution in [1.82, 2.24) is 9.88 Å². The second kappa shape index (κ2) is 7.72. The van der Waals surface area contributed by atoms with Crippen LogP contribution in [0.3, 0.4) is 0 Å². The first-order valence-electron chi connectivity index (χ1n) is 11.2. The zero-order valence-electron chi connectivity index (χ0n) is 18.2. The average molecular weight is 419 g/mol. The van der Waals surface area contributed by atoms with Crippen LogP contribution in [-0.2, 0) is 11.2 Å². The molecule has 2 unspecified atom stereocenters. The number of amides is 1. The number of piperidine rings is 1. The molecule has 1 amide bonds. The van der Waals surface area contributed by atoms with E-state index in [0.717, 1.165) is 35.4 Å². The van der Waals surface area contributed by atoms with E-state index in [1.54, 1.807) is 7.11 Å². The summed E-state index contributed by atoms with van der Waals surface area (Å²) in [4.78, 5) is 18.9. The Labute approximate surface area is 183 Å². The van der Waals surface area contributed by atoms with Gasteiger partial charge in [-0.05, 0) is 80.5 Å². The number of hydrogen-bond acceptors (Lipinski definition) is 3. The molecule has 3 aromatic rings. The molecular weight excluding hydrogens is 388 g/mol. The van der Waals surface area contributed by atoms with Gasteiger partial charge < -0.3 is 19.7 Å². The van der Waals surface area contributed by atoms with Gasteiger partial charge in [0.2, 0.25) is 5.91 Å². The van der Waals surface area contributed by atoms with E-state index in [2.05, 4.69) is 34.1 Å². The second-order valence-electron chi connectivity index (χ2n) is 9.34. The predicted octanol–water partition coefficient (Wildman–Crippen LogP) is 4.68. The minimum Gasteiger partial charge on any atom is -0.497 e. The number of H-pyrrole nitrogens is 1. The Morgan fingerprint density at radius 1 is 1.13 bits per heavy atom. The number of carbonyl (C=O) groups is 1. The molecule has 2 aliphatic heterocycles. The van der Waals surface area contributed by atoms with Crippen LogP contribution in [0.1, 0.15) is 44.6 Å². The summed E-state index contributed by atoms with van der Waals surface area (Å²) in [5, 5.41) is 11.7. The normalized spacial score (nSPS) is 25.2. The van der Waals surface area contributed by atoms with Gasteiger partial charge in [0.1, 0.15) is 5.75 Å². The van der Waals surface area contributed by atoms with Gasteiger partial charge in [0.15, 0.2) is 0 Å². The second-order valence-corrected chi connectivity index (χ2v) is 9.34. The molecule has 3 heterocycles. The summed E-state index contributed by atoms with van der Waals surface area (Å²) >= 11 is 0. The van der Waals surface area contributed by atoms with E-state index >= 15 is 0 Å². The van der Waals surface area contributed by atoms with Crippen molar-refractivity contribution in [1.29, 1.82) is 0 Å². The molecule has 2 saturated heterocycles. The highest BCUT2D eigenvalue weighted by Gasteiger charge is 2.46. The number of nitrogens with zero attached hydrogens (tertiary/aromatic N) is 1. The number of aromatic amines is 1. The molecule has 2 fully saturated rings. The van der Waals surface area contributed by atoms with Crippen LogP contribution >= 0.6 is 0 Å². The van der Waals surface area contributed by atoms with Crippen molar-refractivity contribution in [2.45, 2.75) is 63.1 Å². The number of carbonyl (C=O) groups excluding carboxylic acids is 1. The fourth-order valence-corrected chi connectivity index (χ4v) is 5.69. The molecule has 1 aromatic heterocycles. The Morgan fingerprint density at radius 3 is 2.48 bits per heavy atom. The Balaban J connectivity index is 1.41. The number of fused-ring (bicyclic) bond motifs is 3. The lowest BCUT2D eigenvalue weighted by Gasteiger charge is -2.42. The molecular formula is C26H30N2O3. The number of benzene rings is 2. The lowest BCUT2D eigenvalue weighted by Crippen LogP contribution is -2.52. The van der Waals surface area contributed by atoms with Gasteiger partial charge in [-0.3, -0.25) is 4.79 Å². The van der Waals surface area contributed by atoms with E-state index in [1.807, 2.05) is 31.2 Å². The Hall–Kier alpha value is -2.79. The summed E-state index contributed by atoms with van der Waals surface area (Å²) in [5.74, 6) is 1.04. The Morgan fingerprint density at radius 2 is 1.81 bits per heavy atom. The number of para-hydroxylation sites is 1. The molecule has 5 nitrogen and oxygen atoms in total. The predicted molar refractivity (Wildman–Crippen MR) is 122 cm³/mol. The van der Waals surface area contributed by atoms with Gasteiger partial charge in [0.05, 0.1) is 12.7 Å². The van der Waals surface area contributed by atoms with Crippen LogP contribution in [0.15, 0.2) is 48.5 Å². The van der Waals surface area contributed by atoms with E-state index in [0.29, 0.717) is 25.7 Å². The third-order valence-corrected chi connectivity index (χ3v) is 7.04. The summed E-state index contributed by atoms with van der Waals surface area (Å²) in [7, 11) is 1.67. The van der Waals surface area contributed by atoms with Crippen LogP contribution in [0.5, 0.6) is 5.75 Å². The van der Waals surface area contributed by atoms with E-state index in [-0.39, 0.29) is 18.0 Å². The lowest BCUT2D eigenvalue weighted by atomic mass is 9.87. The van der Waals surface area contributed by atoms with E-state index in [4.69, 9.17) is 4.74 Å². The molecule has 0 radical (unpaired) electrons. The number of aryl methyl sites for hydroxylation is 1. The highest BCUT2D eigenvalue weighted by Crippen LogP contribution is 2.41. The molecule has 5 rings (SSSR count). The fraction of sp³-hybridized carbons (Fsp3) is 0.423. The van der Waals surface area contributed by atoms with Gasteiger partial charge in [-0.15, -0.1) is 0 Å². The highest BCUT2D eigenvalue weighted by atomic mass is 16.5. The van der Waals surface area contributed by atoms with Crippen LogP contribution < -0.4 is 4.74 Å². The summed E-state index contributed by atoms with van der Waals surface area (Å²) in [6, 6.07) is 16.7. The zero-order valence-corrected chi connectivity index (χ0v) is 18.2. The van der Waals surface area contributed by atoms with Crippen LogP contribution in [0.2, 0.25) is 0 Å². The van der Waals surface area contributed by atoms with Crippen molar-refractivity contribution in [3.05, 3.63) is 54.1 Å². The van der Waals surface area contributed by atoms with Crippen LogP contribution in [-0.4, -0.2) is 45.7 Å². The first kappa shape index (κ1) is 20.1. The number of hydrogen-bond donors (Lipinski definition) is 2. The summed E-state index contributed by atoms with van der Waals surface area (Å²) in [6.45, 7) is 1.91. The lowest BCUT2D eigenvalue weighted by molar-refractivity contribution is -0.140. The van der Waals surface area contributed by atoms with Gasteiger partial charge in [0.25, 0.3) is 0 Å². The van der Waals surface area contributed by atoms with E-state index in [1.165, 1.54) is 10.9 Å². The maximum atomic E-state index is 13.3.